The fourth-order valence-electron chi connectivity index (χ4n) is 5.09. The number of benzene rings is 2. The molecular formula is C29H31F2N3O4. The highest BCUT2D eigenvalue weighted by Gasteiger charge is 2.34. The molecule has 3 aromatic rings. The van der Waals surface area contributed by atoms with Gasteiger partial charge in [-0.05, 0) is 73.7 Å². The van der Waals surface area contributed by atoms with E-state index in [2.05, 4.69) is 22.3 Å². The third kappa shape index (κ3) is 6.84. The zero-order valence-electron chi connectivity index (χ0n) is 21.4. The van der Waals surface area contributed by atoms with Gasteiger partial charge in [-0.1, -0.05) is 11.8 Å². The molecule has 0 spiro atoms. The summed E-state index contributed by atoms with van der Waals surface area (Å²) in [5.41, 5.74) is 5.17. The van der Waals surface area contributed by atoms with E-state index in [0.29, 0.717) is 38.9 Å². The van der Waals surface area contributed by atoms with Gasteiger partial charge in [0.25, 0.3) is 0 Å². The molecular weight excluding hydrogens is 492 g/mol. The highest BCUT2D eigenvalue weighted by molar-refractivity contribution is 5.84. The molecule has 38 heavy (non-hydrogen) atoms. The number of likely N-dealkylation sites (tertiary alicyclic amines) is 1. The molecule has 0 bridgehead atoms. The molecule has 1 saturated heterocycles. The minimum Gasteiger partial charge on any atom is -0.497 e. The summed E-state index contributed by atoms with van der Waals surface area (Å²) in [5.74, 6) is 3.66. The summed E-state index contributed by atoms with van der Waals surface area (Å²) in [6.07, 6.45) is 3.82. The van der Waals surface area contributed by atoms with Crippen molar-refractivity contribution in [3.8, 4) is 17.6 Å². The maximum Gasteiger partial charge on any atom is 0.308 e. The Morgan fingerprint density at radius 3 is 2.71 bits per heavy atom. The van der Waals surface area contributed by atoms with Crippen LogP contribution < -0.4 is 10.2 Å². The van der Waals surface area contributed by atoms with Gasteiger partial charge in [0.05, 0.1) is 38.2 Å². The van der Waals surface area contributed by atoms with Gasteiger partial charge in [0.1, 0.15) is 17.4 Å². The Morgan fingerprint density at radius 2 is 2.00 bits per heavy atom. The third-order valence-corrected chi connectivity index (χ3v) is 7.00. The van der Waals surface area contributed by atoms with Crippen molar-refractivity contribution in [2.24, 2.45) is 11.8 Å². The molecule has 2 N–H and O–H groups in total. The zero-order valence-corrected chi connectivity index (χ0v) is 21.4. The van der Waals surface area contributed by atoms with E-state index in [9.17, 15) is 18.7 Å². The lowest BCUT2D eigenvalue weighted by Gasteiger charge is -2.36. The van der Waals surface area contributed by atoms with Crippen molar-refractivity contribution in [3.05, 3.63) is 71.4 Å². The average molecular weight is 524 g/mol. The van der Waals surface area contributed by atoms with E-state index in [0.717, 1.165) is 28.3 Å². The first-order valence-electron chi connectivity index (χ1n) is 12.5. The number of aliphatic carboxylic acids is 1. The first-order valence-corrected chi connectivity index (χ1v) is 12.5. The molecule has 0 radical (unpaired) electrons. The van der Waals surface area contributed by atoms with Crippen LogP contribution in [0.1, 0.15) is 36.4 Å². The van der Waals surface area contributed by atoms with Crippen LogP contribution in [0.25, 0.3) is 10.9 Å². The molecule has 7 nitrogen and oxygen atoms in total. The van der Waals surface area contributed by atoms with Crippen LogP contribution in [0.3, 0.4) is 0 Å². The monoisotopic (exact) mass is 523 g/mol. The van der Waals surface area contributed by atoms with Crippen LogP contribution in [-0.2, 0) is 9.63 Å². The van der Waals surface area contributed by atoms with Gasteiger partial charge in [-0.3, -0.25) is 14.7 Å². The lowest BCUT2D eigenvalue weighted by molar-refractivity contribution is -0.146. The minimum atomic E-state index is -0.838. The van der Waals surface area contributed by atoms with Gasteiger partial charge < -0.3 is 14.7 Å². The summed E-state index contributed by atoms with van der Waals surface area (Å²) in [6.45, 7) is 1.38. The molecule has 2 aromatic carbocycles. The van der Waals surface area contributed by atoms with Crippen molar-refractivity contribution in [2.75, 3.05) is 33.9 Å². The molecule has 0 saturated carbocycles. The number of hydrogen-bond donors (Lipinski definition) is 2. The van der Waals surface area contributed by atoms with Gasteiger partial charge >= 0.3 is 5.97 Å². The second-order valence-corrected chi connectivity index (χ2v) is 9.42. The molecule has 3 atom stereocenters. The molecule has 4 rings (SSSR count). The summed E-state index contributed by atoms with van der Waals surface area (Å²) in [5, 5.41) is 10.9. The first kappa shape index (κ1) is 27.5. The molecule has 9 heteroatoms. The Labute approximate surface area is 220 Å². The smallest absolute Gasteiger partial charge is 0.308 e. The van der Waals surface area contributed by atoms with E-state index in [1.165, 1.54) is 12.1 Å². The number of aromatic nitrogens is 1. The summed E-state index contributed by atoms with van der Waals surface area (Å²) < 4.78 is 32.2. The van der Waals surface area contributed by atoms with Crippen molar-refractivity contribution in [2.45, 2.75) is 25.3 Å². The quantitative estimate of drug-likeness (QED) is 0.314. The van der Waals surface area contributed by atoms with Crippen LogP contribution in [-0.4, -0.2) is 54.8 Å². The number of halogens is 2. The second kappa shape index (κ2) is 12.8. The van der Waals surface area contributed by atoms with Crippen LogP contribution >= 0.6 is 0 Å². The van der Waals surface area contributed by atoms with Crippen molar-refractivity contribution in [3.63, 3.8) is 0 Å². The Bertz CT molecular complexity index is 1320. The van der Waals surface area contributed by atoms with E-state index < -0.39 is 23.5 Å². The SMILES string of the molecule is CON[C@H](CC[C@@H]1CCN(CC#Cc2cc(F)cc(F)c2)C[C@@H]1C(=O)O)c1ccnc2ccc(OC)cc12. The molecule has 1 aliphatic heterocycles. The van der Waals surface area contributed by atoms with Gasteiger partial charge in [-0.25, -0.2) is 8.78 Å². The molecule has 0 amide bonds. The number of methoxy groups -OCH3 is 1. The van der Waals surface area contributed by atoms with Gasteiger partial charge in [-0.15, -0.1) is 0 Å². The van der Waals surface area contributed by atoms with E-state index in [1.807, 2.05) is 29.2 Å². The van der Waals surface area contributed by atoms with E-state index in [-0.39, 0.29) is 17.5 Å². The van der Waals surface area contributed by atoms with E-state index >= 15 is 0 Å². The number of piperidine rings is 1. The summed E-state index contributed by atoms with van der Waals surface area (Å²) in [6, 6.07) is 10.6. The maximum absolute atomic E-state index is 13.4. The zero-order chi connectivity index (χ0) is 27.1. The number of hydroxylamine groups is 1. The van der Waals surface area contributed by atoms with Gasteiger partial charge in [0, 0.05) is 29.8 Å². The minimum absolute atomic E-state index is 0.0159. The lowest BCUT2D eigenvalue weighted by Crippen LogP contribution is -2.44. The van der Waals surface area contributed by atoms with Crippen LogP contribution in [0, 0.1) is 35.3 Å². The molecule has 200 valence electrons. The Morgan fingerprint density at radius 1 is 1.21 bits per heavy atom. The maximum atomic E-state index is 13.4. The fourth-order valence-corrected chi connectivity index (χ4v) is 5.09. The van der Waals surface area contributed by atoms with Gasteiger partial charge in [-0.2, -0.15) is 5.48 Å². The van der Waals surface area contributed by atoms with Crippen molar-refractivity contribution in [1.29, 1.82) is 0 Å². The number of rotatable bonds is 9. The van der Waals surface area contributed by atoms with Gasteiger partial charge in [0.15, 0.2) is 0 Å². The predicted octanol–water partition coefficient (Wildman–Crippen LogP) is 4.57. The summed E-state index contributed by atoms with van der Waals surface area (Å²) in [7, 11) is 3.18. The van der Waals surface area contributed by atoms with Crippen LogP contribution in [0.15, 0.2) is 48.7 Å². The highest BCUT2D eigenvalue weighted by Crippen LogP contribution is 2.33. The normalized spacial score (nSPS) is 18.5. The third-order valence-electron chi connectivity index (χ3n) is 7.00. The molecule has 1 fully saturated rings. The Hall–Kier alpha value is -3.58. The van der Waals surface area contributed by atoms with Crippen LogP contribution in [0.4, 0.5) is 8.78 Å². The summed E-state index contributed by atoms with van der Waals surface area (Å²) >= 11 is 0. The highest BCUT2D eigenvalue weighted by atomic mass is 19.1. The number of pyridine rings is 1. The van der Waals surface area contributed by atoms with E-state index in [1.54, 1.807) is 20.4 Å². The number of carboxylic acid groups (broad SMARTS) is 1. The number of fused-ring (bicyclic) bond motifs is 1. The number of carbonyl (C=O) groups is 1. The number of ether oxygens (including phenoxy) is 1. The summed E-state index contributed by atoms with van der Waals surface area (Å²) in [4.78, 5) is 23.9. The fraction of sp³-hybridized carbons (Fsp3) is 0.379. The first-order chi connectivity index (χ1) is 18.4. The molecule has 0 unspecified atom stereocenters. The second-order valence-electron chi connectivity index (χ2n) is 9.42. The molecule has 2 heterocycles. The average Bonchev–Trinajstić information content (AvgIpc) is 2.90. The molecule has 1 aliphatic rings. The number of nitrogens with one attached hydrogen (secondary N) is 1. The van der Waals surface area contributed by atoms with Crippen LogP contribution in [0.2, 0.25) is 0 Å². The lowest BCUT2D eigenvalue weighted by atomic mass is 9.81. The predicted molar refractivity (Wildman–Crippen MR) is 139 cm³/mol. The van der Waals surface area contributed by atoms with Gasteiger partial charge in [0.2, 0.25) is 0 Å². The Balaban J connectivity index is 1.43. The standard InChI is InChI=1S/C29H31F2N3O4/c1-37-23-6-8-27-25(17-23)24(9-11-32-27)28(33-38-2)7-5-20-10-13-34(18-26(20)29(35)36)12-3-4-19-14-21(30)16-22(31)15-19/h6,8-9,11,14-17,20,26,28,33H,5,7,10,12-13,18H2,1-2H3,(H,35,36)/t20-,26+,28-/m1/s1. The number of nitrogens with zero attached hydrogens (tertiary/aromatic N) is 2. The number of carboxylic acids is 1. The number of hydrogen-bond acceptors (Lipinski definition) is 6. The largest absolute Gasteiger partial charge is 0.497 e. The van der Waals surface area contributed by atoms with Crippen molar-refractivity contribution >= 4 is 16.9 Å². The topological polar surface area (TPSA) is 83.9 Å². The van der Waals surface area contributed by atoms with E-state index in [4.69, 9.17) is 9.57 Å². The molecule has 1 aromatic heterocycles. The Kier molecular flexibility index (Phi) is 9.24. The van der Waals surface area contributed by atoms with Crippen LogP contribution in [0.5, 0.6) is 5.75 Å². The molecule has 0 aliphatic carbocycles. The van der Waals surface area contributed by atoms with Crippen molar-refractivity contribution in [1.82, 2.24) is 15.4 Å². The van der Waals surface area contributed by atoms with Crippen molar-refractivity contribution < 1.29 is 28.3 Å².